The van der Waals surface area contributed by atoms with Crippen LogP contribution in [0, 0.1) is 0 Å². The third-order valence-electron chi connectivity index (χ3n) is 2.19. The van der Waals surface area contributed by atoms with Gasteiger partial charge in [-0.1, -0.05) is 0 Å². The molecule has 4 N–H and O–H groups in total. The summed E-state index contributed by atoms with van der Waals surface area (Å²) < 4.78 is 5.43. The summed E-state index contributed by atoms with van der Waals surface area (Å²) in [6.45, 7) is 2.88. The zero-order valence-electron chi connectivity index (χ0n) is 8.21. The Hall–Kier alpha value is -0.810. The van der Waals surface area contributed by atoms with E-state index in [0.717, 1.165) is 19.4 Å². The molecule has 0 saturated carbocycles. The van der Waals surface area contributed by atoms with Crippen molar-refractivity contribution in [2.45, 2.75) is 31.9 Å². The summed E-state index contributed by atoms with van der Waals surface area (Å²) in [6, 6.07) is 0.415. The fourth-order valence-electron chi connectivity index (χ4n) is 1.49. The quantitative estimate of drug-likeness (QED) is 0.225. The van der Waals surface area contributed by atoms with Crippen molar-refractivity contribution in [3.8, 4) is 0 Å². The largest absolute Gasteiger partial charge is 0.378 e. The van der Waals surface area contributed by atoms with E-state index in [1.54, 1.807) is 7.05 Å². The molecule has 5 nitrogen and oxygen atoms in total. The van der Waals surface area contributed by atoms with Crippen molar-refractivity contribution in [3.63, 3.8) is 0 Å². The summed E-state index contributed by atoms with van der Waals surface area (Å²) in [4.78, 5) is 3.95. The molecule has 5 heteroatoms. The molecule has 1 aliphatic heterocycles. The van der Waals surface area contributed by atoms with Crippen molar-refractivity contribution in [3.05, 3.63) is 0 Å². The van der Waals surface area contributed by atoms with Crippen molar-refractivity contribution < 1.29 is 4.74 Å². The van der Waals surface area contributed by atoms with Crippen molar-refractivity contribution in [2.75, 3.05) is 13.7 Å². The van der Waals surface area contributed by atoms with Crippen molar-refractivity contribution in [1.82, 2.24) is 10.7 Å². The Morgan fingerprint density at radius 3 is 2.92 bits per heavy atom. The van der Waals surface area contributed by atoms with E-state index < -0.39 is 0 Å². The maximum Gasteiger partial charge on any atom is 0.205 e. The molecule has 2 atom stereocenters. The second kappa shape index (κ2) is 5.04. The topological polar surface area (TPSA) is 71.7 Å². The van der Waals surface area contributed by atoms with Crippen LogP contribution in [0.3, 0.4) is 0 Å². The van der Waals surface area contributed by atoms with Crippen LogP contribution in [0.1, 0.15) is 19.8 Å². The van der Waals surface area contributed by atoms with Gasteiger partial charge in [0.15, 0.2) is 0 Å². The minimum Gasteiger partial charge on any atom is -0.378 e. The van der Waals surface area contributed by atoms with Gasteiger partial charge in [0.1, 0.15) is 0 Å². The first-order valence-electron chi connectivity index (χ1n) is 4.57. The van der Waals surface area contributed by atoms with Gasteiger partial charge in [0.25, 0.3) is 0 Å². The maximum atomic E-state index is 5.43. The van der Waals surface area contributed by atoms with Crippen LogP contribution in [-0.2, 0) is 4.74 Å². The molecule has 0 spiro atoms. The summed E-state index contributed by atoms with van der Waals surface area (Å²) in [5.74, 6) is 5.90. The molecule has 76 valence electrons. The van der Waals surface area contributed by atoms with Gasteiger partial charge in [0.2, 0.25) is 5.96 Å². The molecule has 0 amide bonds. The van der Waals surface area contributed by atoms with Crippen LogP contribution in [-0.4, -0.2) is 31.8 Å². The zero-order chi connectivity index (χ0) is 9.68. The summed E-state index contributed by atoms with van der Waals surface area (Å²) in [5.41, 5.74) is 2.51. The average Bonchev–Trinajstić information content (AvgIpc) is 2.14. The molecule has 13 heavy (non-hydrogen) atoms. The lowest BCUT2D eigenvalue weighted by molar-refractivity contribution is 0.0165. The van der Waals surface area contributed by atoms with Gasteiger partial charge in [-0.05, 0) is 19.8 Å². The molecule has 0 bridgehead atoms. The van der Waals surface area contributed by atoms with Crippen LogP contribution in [0.25, 0.3) is 0 Å². The number of nitrogens with two attached hydrogens (primary N) is 1. The minimum absolute atomic E-state index is 0.321. The highest BCUT2D eigenvalue weighted by atomic mass is 16.5. The number of hydrogen-bond acceptors (Lipinski definition) is 3. The van der Waals surface area contributed by atoms with Crippen LogP contribution >= 0.6 is 0 Å². The number of ether oxygens (including phenoxy) is 1. The van der Waals surface area contributed by atoms with Gasteiger partial charge in [0, 0.05) is 19.7 Å². The summed E-state index contributed by atoms with van der Waals surface area (Å²) in [5, 5.41) is 3.22. The molecule has 0 aliphatic carbocycles. The average molecular weight is 186 g/mol. The monoisotopic (exact) mass is 186 g/mol. The minimum atomic E-state index is 0.321. The van der Waals surface area contributed by atoms with Gasteiger partial charge in [-0.2, -0.15) is 0 Å². The first-order valence-corrected chi connectivity index (χ1v) is 4.57. The van der Waals surface area contributed by atoms with Crippen LogP contribution in [0.5, 0.6) is 0 Å². The maximum absolute atomic E-state index is 5.43. The molecule has 1 heterocycles. The van der Waals surface area contributed by atoms with Gasteiger partial charge in [0.05, 0.1) is 6.10 Å². The number of nitrogens with zero attached hydrogens (tertiary/aromatic N) is 1. The van der Waals surface area contributed by atoms with Gasteiger partial charge >= 0.3 is 0 Å². The Labute approximate surface area is 78.7 Å². The Kier molecular flexibility index (Phi) is 3.98. The Balaban J connectivity index is 2.35. The van der Waals surface area contributed by atoms with E-state index in [1.165, 1.54) is 0 Å². The van der Waals surface area contributed by atoms with E-state index in [2.05, 4.69) is 22.7 Å². The SMILES string of the molecule is CN=C(NN)NC1CCOC(C)C1. The molecule has 0 radical (unpaired) electrons. The van der Waals surface area contributed by atoms with Gasteiger partial charge < -0.3 is 10.1 Å². The third kappa shape index (κ3) is 3.20. The van der Waals surface area contributed by atoms with E-state index in [1.807, 2.05) is 0 Å². The Bertz CT molecular complexity index is 183. The standard InChI is InChI=1S/C8H18N4O/c1-6-5-7(3-4-13-6)11-8(10-2)12-9/h6-7H,3-5,9H2,1-2H3,(H2,10,11,12). The molecule has 0 aromatic carbocycles. The van der Waals surface area contributed by atoms with E-state index >= 15 is 0 Å². The number of hydrazine groups is 1. The van der Waals surface area contributed by atoms with Crippen LogP contribution in [0.2, 0.25) is 0 Å². The fraction of sp³-hybridized carbons (Fsp3) is 0.875. The van der Waals surface area contributed by atoms with Crippen LogP contribution < -0.4 is 16.6 Å². The predicted molar refractivity (Wildman–Crippen MR) is 52.3 cm³/mol. The number of aliphatic imine (C=N–C) groups is 1. The normalized spacial score (nSPS) is 29.9. The molecular formula is C8H18N4O. The van der Waals surface area contributed by atoms with Crippen LogP contribution in [0.15, 0.2) is 4.99 Å². The van der Waals surface area contributed by atoms with Gasteiger partial charge in [-0.3, -0.25) is 10.4 Å². The molecule has 1 rings (SSSR count). The highest BCUT2D eigenvalue weighted by Gasteiger charge is 2.19. The Morgan fingerprint density at radius 1 is 1.62 bits per heavy atom. The predicted octanol–water partition coefficient (Wildman–Crippen LogP) is -0.407. The summed E-state index contributed by atoms with van der Waals surface area (Å²) >= 11 is 0. The fourth-order valence-corrected chi connectivity index (χ4v) is 1.49. The lowest BCUT2D eigenvalue weighted by Crippen LogP contribution is -2.49. The first-order chi connectivity index (χ1) is 6.26. The zero-order valence-corrected chi connectivity index (χ0v) is 8.21. The molecule has 0 aromatic rings. The molecule has 1 saturated heterocycles. The lowest BCUT2D eigenvalue weighted by atomic mass is 10.0. The smallest absolute Gasteiger partial charge is 0.205 e. The van der Waals surface area contributed by atoms with E-state index in [4.69, 9.17) is 10.6 Å². The molecular weight excluding hydrogens is 168 g/mol. The molecule has 0 aromatic heterocycles. The second-order valence-electron chi connectivity index (χ2n) is 3.26. The number of guanidine groups is 1. The van der Waals surface area contributed by atoms with Crippen molar-refractivity contribution in [1.29, 1.82) is 0 Å². The number of rotatable bonds is 1. The lowest BCUT2D eigenvalue weighted by Gasteiger charge is -2.28. The highest BCUT2D eigenvalue weighted by Crippen LogP contribution is 2.12. The van der Waals surface area contributed by atoms with Gasteiger partial charge in [-0.15, -0.1) is 0 Å². The highest BCUT2D eigenvalue weighted by molar-refractivity contribution is 5.79. The first kappa shape index (κ1) is 10.3. The van der Waals surface area contributed by atoms with E-state index in [9.17, 15) is 0 Å². The van der Waals surface area contributed by atoms with Crippen LogP contribution in [0.4, 0.5) is 0 Å². The van der Waals surface area contributed by atoms with E-state index in [0.29, 0.717) is 18.1 Å². The van der Waals surface area contributed by atoms with Crippen molar-refractivity contribution in [2.24, 2.45) is 10.8 Å². The van der Waals surface area contributed by atoms with Crippen molar-refractivity contribution >= 4 is 5.96 Å². The number of nitrogens with one attached hydrogen (secondary N) is 2. The number of hydrogen-bond donors (Lipinski definition) is 3. The summed E-state index contributed by atoms with van der Waals surface area (Å²) in [6.07, 6.45) is 2.33. The Morgan fingerprint density at radius 2 is 2.38 bits per heavy atom. The second-order valence-corrected chi connectivity index (χ2v) is 3.26. The molecule has 2 unspecified atom stereocenters. The summed E-state index contributed by atoms with van der Waals surface area (Å²) in [7, 11) is 1.70. The molecule has 1 aliphatic rings. The van der Waals surface area contributed by atoms with Gasteiger partial charge in [-0.25, -0.2) is 5.84 Å². The molecule has 1 fully saturated rings. The third-order valence-corrected chi connectivity index (χ3v) is 2.19. The van der Waals surface area contributed by atoms with E-state index in [-0.39, 0.29) is 0 Å².